The minimum absolute atomic E-state index is 0.294. The van der Waals surface area contributed by atoms with Crippen molar-refractivity contribution in [2.45, 2.75) is 37.3 Å². The Morgan fingerprint density at radius 3 is 2.87 bits per heavy atom. The Bertz CT molecular complexity index is 633. The molecule has 1 unspecified atom stereocenters. The number of aromatic nitrogens is 1. The predicted octanol–water partition coefficient (Wildman–Crippen LogP) is -0.0401. The van der Waals surface area contributed by atoms with Crippen LogP contribution in [0, 0.1) is 0 Å². The molecule has 2 aliphatic rings. The van der Waals surface area contributed by atoms with Crippen molar-refractivity contribution < 1.29 is 29.4 Å². The number of pyridine rings is 1. The summed E-state index contributed by atoms with van der Waals surface area (Å²) in [4.78, 5) is 13.4. The van der Waals surface area contributed by atoms with E-state index in [1.165, 1.54) is 0 Å². The maximum absolute atomic E-state index is 11.1. The van der Waals surface area contributed by atoms with E-state index in [1.807, 2.05) is 18.3 Å². The molecule has 0 amide bonds. The maximum atomic E-state index is 11.1. The Morgan fingerprint density at radius 2 is 2.22 bits per heavy atom. The molecule has 2 aliphatic heterocycles. The molecule has 0 aliphatic carbocycles. The highest BCUT2D eigenvalue weighted by atomic mass is 16.5. The fourth-order valence-corrected chi connectivity index (χ4v) is 3.22. The lowest BCUT2D eigenvalue weighted by atomic mass is 10.1. The van der Waals surface area contributed by atoms with Gasteiger partial charge < -0.3 is 20.1 Å². The number of carboxylic acids is 1. The molecule has 1 aromatic rings. The van der Waals surface area contributed by atoms with Gasteiger partial charge in [0.05, 0.1) is 0 Å². The molecule has 3 heterocycles. The molecule has 1 fully saturated rings. The number of hydrogen-bond donors (Lipinski definition) is 3. The lowest BCUT2D eigenvalue weighted by Crippen LogP contribution is -2.53. The Morgan fingerprint density at radius 1 is 1.43 bits per heavy atom. The summed E-state index contributed by atoms with van der Waals surface area (Å²) in [6.07, 6.45) is 3.23. The summed E-state index contributed by atoms with van der Waals surface area (Å²) < 4.78 is 6.98. The first-order chi connectivity index (χ1) is 11.0. The molecule has 1 saturated heterocycles. The standard InChI is InChI=1S/C16H20N2O5/c1-17-6-3-5-11(17)10-4-2-7-18(9-10)15-14(20)12(19)8-13(23-15)16(21)22/h2,4,7-9,11-12,14-15,19-20H,3,5-6H2,1H3/p+1/t11-,12+,14?,15+/m0/s1. The van der Waals surface area contributed by atoms with E-state index in [1.54, 1.807) is 10.8 Å². The molecule has 3 N–H and O–H groups in total. The largest absolute Gasteiger partial charge is 0.475 e. The summed E-state index contributed by atoms with van der Waals surface area (Å²) in [5.74, 6) is -1.63. The van der Waals surface area contributed by atoms with Crippen LogP contribution in [0.3, 0.4) is 0 Å². The second-order valence-corrected chi connectivity index (χ2v) is 6.05. The molecule has 4 atom stereocenters. The third kappa shape index (κ3) is 3.08. The molecule has 0 bridgehead atoms. The molecule has 0 aromatic carbocycles. The van der Waals surface area contributed by atoms with Crippen LogP contribution in [0.1, 0.15) is 30.7 Å². The number of rotatable bonds is 3. The van der Waals surface area contributed by atoms with Crippen molar-refractivity contribution in [2.75, 3.05) is 13.6 Å². The van der Waals surface area contributed by atoms with E-state index in [0.29, 0.717) is 6.04 Å². The van der Waals surface area contributed by atoms with Gasteiger partial charge in [0.25, 0.3) is 0 Å². The Hall–Kier alpha value is -1.96. The zero-order valence-corrected chi connectivity index (χ0v) is 12.9. The second kappa shape index (κ2) is 6.27. The van der Waals surface area contributed by atoms with Gasteiger partial charge in [0, 0.05) is 17.7 Å². The van der Waals surface area contributed by atoms with Crippen molar-refractivity contribution in [1.82, 2.24) is 4.90 Å². The second-order valence-electron chi connectivity index (χ2n) is 6.05. The first-order valence-corrected chi connectivity index (χ1v) is 7.66. The van der Waals surface area contributed by atoms with Crippen molar-refractivity contribution in [3.63, 3.8) is 0 Å². The van der Waals surface area contributed by atoms with Gasteiger partial charge in [0.1, 0.15) is 6.10 Å². The van der Waals surface area contributed by atoms with E-state index >= 15 is 0 Å². The summed E-state index contributed by atoms with van der Waals surface area (Å²) >= 11 is 0. The van der Waals surface area contributed by atoms with Crippen LogP contribution in [0.15, 0.2) is 36.4 Å². The number of likely N-dealkylation sites (tertiary alicyclic amines) is 1. The molecular formula is C16H21N2O5+. The molecule has 0 spiro atoms. The summed E-state index contributed by atoms with van der Waals surface area (Å²) in [7, 11) is 2.07. The topological polar surface area (TPSA) is 94.1 Å². The lowest BCUT2D eigenvalue weighted by Gasteiger charge is -2.27. The van der Waals surface area contributed by atoms with Crippen LogP contribution in [-0.4, -0.2) is 52.0 Å². The number of carbonyl (C=O) groups is 1. The Labute approximate surface area is 134 Å². The van der Waals surface area contributed by atoms with Crippen LogP contribution < -0.4 is 4.57 Å². The predicted molar refractivity (Wildman–Crippen MR) is 79.1 cm³/mol. The quantitative estimate of drug-likeness (QED) is 0.677. The molecule has 0 radical (unpaired) electrons. The van der Waals surface area contributed by atoms with Crippen molar-refractivity contribution in [3.8, 4) is 0 Å². The van der Waals surface area contributed by atoms with Crippen molar-refractivity contribution in [2.24, 2.45) is 0 Å². The third-order valence-electron chi connectivity index (χ3n) is 4.47. The molecule has 23 heavy (non-hydrogen) atoms. The molecule has 7 nitrogen and oxygen atoms in total. The van der Waals surface area contributed by atoms with Gasteiger partial charge in [-0.25, -0.2) is 4.79 Å². The SMILES string of the molecule is CN1CCC[C@H]1c1ccc[n+]([C@@H]2OC(C(=O)O)=C[C@@H](O)C2O)c1. The first kappa shape index (κ1) is 15.9. The van der Waals surface area contributed by atoms with Crippen molar-refractivity contribution >= 4 is 5.97 Å². The van der Waals surface area contributed by atoms with Crippen molar-refractivity contribution in [3.05, 3.63) is 41.9 Å². The Kier molecular flexibility index (Phi) is 4.34. The van der Waals surface area contributed by atoms with Gasteiger partial charge in [-0.1, -0.05) is 0 Å². The maximum Gasteiger partial charge on any atom is 0.371 e. The van der Waals surface area contributed by atoms with E-state index in [2.05, 4.69) is 11.9 Å². The van der Waals surface area contributed by atoms with Gasteiger partial charge in [-0.15, -0.1) is 0 Å². The number of ether oxygens (including phenoxy) is 1. The van der Waals surface area contributed by atoms with Gasteiger partial charge in [-0.3, -0.25) is 4.90 Å². The first-order valence-electron chi connectivity index (χ1n) is 7.66. The van der Waals surface area contributed by atoms with Crippen LogP contribution in [0.2, 0.25) is 0 Å². The summed E-state index contributed by atoms with van der Waals surface area (Å²) in [5, 5.41) is 29.1. The number of carboxylic acid groups (broad SMARTS) is 1. The number of hydrogen-bond acceptors (Lipinski definition) is 5. The molecule has 0 saturated carbocycles. The number of aliphatic hydroxyl groups excluding tert-OH is 2. The van der Waals surface area contributed by atoms with Gasteiger partial charge in [-0.2, -0.15) is 4.57 Å². The van der Waals surface area contributed by atoms with Crippen LogP contribution >= 0.6 is 0 Å². The van der Waals surface area contributed by atoms with E-state index in [4.69, 9.17) is 9.84 Å². The van der Waals surface area contributed by atoms with Gasteiger partial charge in [-0.05, 0) is 38.6 Å². The molecule has 1 aromatic heterocycles. The van der Waals surface area contributed by atoms with E-state index in [-0.39, 0.29) is 5.76 Å². The minimum atomic E-state index is -1.29. The fraction of sp³-hybridized carbons (Fsp3) is 0.500. The van der Waals surface area contributed by atoms with Gasteiger partial charge >= 0.3 is 12.2 Å². The average Bonchev–Trinajstić information content (AvgIpc) is 2.96. The van der Waals surface area contributed by atoms with E-state index in [0.717, 1.165) is 31.0 Å². The Balaban J connectivity index is 1.89. The van der Waals surface area contributed by atoms with Crippen LogP contribution in [-0.2, 0) is 9.53 Å². The van der Waals surface area contributed by atoms with Gasteiger partial charge in [0.2, 0.25) is 5.76 Å². The number of aliphatic carboxylic acids is 1. The third-order valence-corrected chi connectivity index (χ3v) is 4.47. The highest BCUT2D eigenvalue weighted by Crippen LogP contribution is 2.30. The monoisotopic (exact) mass is 321 g/mol. The zero-order chi connectivity index (χ0) is 16.6. The number of nitrogens with zero attached hydrogens (tertiary/aromatic N) is 2. The fourth-order valence-electron chi connectivity index (χ4n) is 3.22. The number of aliphatic hydroxyl groups is 2. The minimum Gasteiger partial charge on any atom is -0.475 e. The summed E-state index contributed by atoms with van der Waals surface area (Å²) in [6.45, 7) is 1.03. The van der Waals surface area contributed by atoms with Gasteiger partial charge in [0.15, 0.2) is 18.5 Å². The van der Waals surface area contributed by atoms with Crippen LogP contribution in [0.5, 0.6) is 0 Å². The molecule has 3 rings (SSSR count). The van der Waals surface area contributed by atoms with E-state index < -0.39 is 24.4 Å². The van der Waals surface area contributed by atoms with Crippen LogP contribution in [0.25, 0.3) is 0 Å². The highest BCUT2D eigenvalue weighted by molar-refractivity contribution is 5.84. The normalized spacial score (nSPS) is 31.5. The van der Waals surface area contributed by atoms with E-state index in [9.17, 15) is 15.0 Å². The summed E-state index contributed by atoms with van der Waals surface area (Å²) in [6, 6.07) is 4.13. The lowest BCUT2D eigenvalue weighted by molar-refractivity contribution is -0.769. The van der Waals surface area contributed by atoms with Crippen molar-refractivity contribution in [1.29, 1.82) is 0 Å². The molecular weight excluding hydrogens is 300 g/mol. The molecule has 124 valence electrons. The summed E-state index contributed by atoms with van der Waals surface area (Å²) in [5.41, 5.74) is 1.07. The molecule has 7 heteroatoms. The average molecular weight is 321 g/mol. The highest BCUT2D eigenvalue weighted by Gasteiger charge is 2.41. The zero-order valence-electron chi connectivity index (χ0n) is 12.9. The smallest absolute Gasteiger partial charge is 0.371 e. The van der Waals surface area contributed by atoms with Crippen LogP contribution in [0.4, 0.5) is 0 Å².